The van der Waals surface area contributed by atoms with E-state index in [2.05, 4.69) is 4.98 Å². The number of piperidine rings is 2. The highest BCUT2D eigenvalue weighted by molar-refractivity contribution is 7.89. The fourth-order valence-electron chi connectivity index (χ4n) is 4.60. The van der Waals surface area contributed by atoms with Gasteiger partial charge < -0.3 is 9.88 Å². The molecular weight excluding hydrogens is 392 g/mol. The first-order chi connectivity index (χ1) is 13.9. The molecular formula is C20H28N4O4S. The molecule has 4 rings (SSSR count). The third kappa shape index (κ3) is 3.85. The number of hydrogen-bond acceptors (Lipinski definition) is 4. The van der Waals surface area contributed by atoms with Gasteiger partial charge in [0.25, 0.3) is 0 Å². The van der Waals surface area contributed by atoms with Crippen LogP contribution in [0.4, 0.5) is 0 Å². The first-order valence-electron chi connectivity index (χ1n) is 10.4. The van der Waals surface area contributed by atoms with Crippen molar-refractivity contribution >= 4 is 27.0 Å². The van der Waals surface area contributed by atoms with Crippen molar-refractivity contribution in [2.45, 2.75) is 38.6 Å². The van der Waals surface area contributed by atoms with Gasteiger partial charge in [-0.05, 0) is 44.7 Å². The lowest BCUT2D eigenvalue weighted by atomic mass is 9.94. The Morgan fingerprint density at radius 2 is 1.72 bits per heavy atom. The molecule has 2 saturated heterocycles. The molecule has 2 aliphatic heterocycles. The number of sulfonamides is 1. The van der Waals surface area contributed by atoms with E-state index in [0.717, 1.165) is 23.9 Å². The number of nitrogens with one attached hydrogen (secondary N) is 1. The van der Waals surface area contributed by atoms with Crippen LogP contribution in [0.2, 0.25) is 0 Å². The standard InChI is InChI=1S/C20H28N4O4S/c1-2-29(27,28)23-13-7-15(8-14-23)19(25)22-11-9-16(10-12-22)24-18-6-4-3-5-17(18)21-20(24)26/h3-6,15-16H,2,7-14H2,1H3,(H,21,26). The first kappa shape index (κ1) is 20.2. The van der Waals surface area contributed by atoms with Gasteiger partial charge in [-0.3, -0.25) is 9.36 Å². The summed E-state index contributed by atoms with van der Waals surface area (Å²) in [6.45, 7) is 3.75. The molecule has 0 aliphatic carbocycles. The van der Waals surface area contributed by atoms with Crippen LogP contribution in [-0.2, 0) is 14.8 Å². The van der Waals surface area contributed by atoms with Crippen LogP contribution in [0.15, 0.2) is 29.1 Å². The van der Waals surface area contributed by atoms with Crippen LogP contribution in [0.25, 0.3) is 11.0 Å². The highest BCUT2D eigenvalue weighted by Crippen LogP contribution is 2.28. The zero-order valence-corrected chi connectivity index (χ0v) is 17.5. The predicted octanol–water partition coefficient (Wildman–Crippen LogP) is 1.55. The van der Waals surface area contributed by atoms with Gasteiger partial charge in [-0.25, -0.2) is 17.5 Å². The first-order valence-corrected chi connectivity index (χ1v) is 12.0. The zero-order valence-electron chi connectivity index (χ0n) is 16.7. The molecule has 0 spiro atoms. The third-order valence-electron chi connectivity index (χ3n) is 6.33. The summed E-state index contributed by atoms with van der Waals surface area (Å²) in [5.74, 6) is 0.126. The quantitative estimate of drug-likeness (QED) is 0.812. The minimum atomic E-state index is -3.18. The second kappa shape index (κ2) is 7.95. The maximum atomic E-state index is 12.9. The molecule has 0 radical (unpaired) electrons. The van der Waals surface area contributed by atoms with Crippen molar-refractivity contribution in [2.75, 3.05) is 31.9 Å². The topological polar surface area (TPSA) is 95.5 Å². The highest BCUT2D eigenvalue weighted by Gasteiger charge is 2.34. The van der Waals surface area contributed by atoms with Gasteiger partial charge in [-0.15, -0.1) is 0 Å². The Morgan fingerprint density at radius 1 is 1.07 bits per heavy atom. The molecule has 2 fully saturated rings. The van der Waals surface area contributed by atoms with Crippen LogP contribution in [-0.4, -0.2) is 65.0 Å². The number of nitrogens with zero attached hydrogens (tertiary/aromatic N) is 3. The van der Waals surface area contributed by atoms with Crippen LogP contribution in [0.3, 0.4) is 0 Å². The number of fused-ring (bicyclic) bond motifs is 1. The monoisotopic (exact) mass is 420 g/mol. The molecule has 0 bridgehead atoms. The molecule has 2 aromatic rings. The largest absolute Gasteiger partial charge is 0.342 e. The number of aromatic nitrogens is 2. The van der Waals surface area contributed by atoms with E-state index in [1.54, 1.807) is 6.92 Å². The molecule has 29 heavy (non-hydrogen) atoms. The number of amides is 1. The van der Waals surface area contributed by atoms with Crippen molar-refractivity contribution in [1.29, 1.82) is 0 Å². The summed E-state index contributed by atoms with van der Waals surface area (Å²) in [5.41, 5.74) is 1.65. The number of imidazole rings is 1. The molecule has 3 heterocycles. The molecule has 158 valence electrons. The summed E-state index contributed by atoms with van der Waals surface area (Å²) in [5, 5.41) is 0. The summed E-state index contributed by atoms with van der Waals surface area (Å²) < 4.78 is 27.3. The molecule has 1 aromatic carbocycles. The summed E-state index contributed by atoms with van der Waals surface area (Å²) >= 11 is 0. The Hall–Kier alpha value is -2.13. The van der Waals surface area contributed by atoms with Gasteiger partial charge in [0, 0.05) is 38.1 Å². The van der Waals surface area contributed by atoms with Crippen LogP contribution in [0.1, 0.15) is 38.6 Å². The number of para-hydroxylation sites is 2. The van der Waals surface area contributed by atoms with Crippen LogP contribution in [0.5, 0.6) is 0 Å². The van der Waals surface area contributed by atoms with E-state index in [4.69, 9.17) is 0 Å². The van der Waals surface area contributed by atoms with Crippen molar-refractivity contribution in [1.82, 2.24) is 18.8 Å². The smallest absolute Gasteiger partial charge is 0.326 e. The van der Waals surface area contributed by atoms with Crippen molar-refractivity contribution in [3.05, 3.63) is 34.7 Å². The second-order valence-corrected chi connectivity index (χ2v) is 10.2. The van der Waals surface area contributed by atoms with E-state index < -0.39 is 10.0 Å². The average Bonchev–Trinajstić information content (AvgIpc) is 3.09. The van der Waals surface area contributed by atoms with Gasteiger partial charge in [0.2, 0.25) is 15.9 Å². The van der Waals surface area contributed by atoms with Gasteiger partial charge in [0.05, 0.1) is 16.8 Å². The maximum Gasteiger partial charge on any atom is 0.326 e. The molecule has 0 atom stereocenters. The zero-order chi connectivity index (χ0) is 20.6. The van der Waals surface area contributed by atoms with E-state index in [-0.39, 0.29) is 29.3 Å². The number of rotatable bonds is 4. The Labute approximate surface area is 170 Å². The number of carbonyl (C=O) groups is 1. The fraction of sp³-hybridized carbons (Fsp3) is 0.600. The van der Waals surface area contributed by atoms with Gasteiger partial charge in [0.1, 0.15) is 0 Å². The van der Waals surface area contributed by atoms with E-state index in [0.29, 0.717) is 39.0 Å². The number of likely N-dealkylation sites (tertiary alicyclic amines) is 1. The summed E-state index contributed by atoms with van der Waals surface area (Å²) in [6.07, 6.45) is 2.66. The minimum Gasteiger partial charge on any atom is -0.342 e. The van der Waals surface area contributed by atoms with Crippen LogP contribution < -0.4 is 5.69 Å². The van der Waals surface area contributed by atoms with Crippen molar-refractivity contribution in [3.8, 4) is 0 Å². The average molecular weight is 421 g/mol. The van der Waals surface area contributed by atoms with Crippen molar-refractivity contribution in [3.63, 3.8) is 0 Å². The Morgan fingerprint density at radius 3 is 2.38 bits per heavy atom. The summed E-state index contributed by atoms with van der Waals surface area (Å²) in [7, 11) is -3.18. The van der Waals surface area contributed by atoms with Crippen LogP contribution in [0, 0.1) is 5.92 Å². The molecule has 8 nitrogen and oxygen atoms in total. The molecule has 9 heteroatoms. The van der Waals surface area contributed by atoms with Gasteiger partial charge in [-0.2, -0.15) is 0 Å². The lowest BCUT2D eigenvalue weighted by molar-refractivity contribution is -0.138. The lowest BCUT2D eigenvalue weighted by Gasteiger charge is -2.37. The van der Waals surface area contributed by atoms with Crippen molar-refractivity contribution in [2.24, 2.45) is 5.92 Å². The molecule has 1 amide bonds. The molecule has 1 aromatic heterocycles. The Balaban J connectivity index is 1.37. The highest BCUT2D eigenvalue weighted by atomic mass is 32.2. The predicted molar refractivity (Wildman–Crippen MR) is 111 cm³/mol. The number of carbonyl (C=O) groups excluding carboxylic acids is 1. The normalized spacial score (nSPS) is 20.4. The van der Waals surface area contributed by atoms with Gasteiger partial charge in [0.15, 0.2) is 0 Å². The second-order valence-electron chi connectivity index (χ2n) is 7.95. The third-order valence-corrected chi connectivity index (χ3v) is 8.21. The maximum absolute atomic E-state index is 12.9. The number of hydrogen-bond donors (Lipinski definition) is 1. The van der Waals surface area contributed by atoms with E-state index in [1.807, 2.05) is 33.7 Å². The fourth-order valence-corrected chi connectivity index (χ4v) is 5.74. The van der Waals surface area contributed by atoms with E-state index >= 15 is 0 Å². The van der Waals surface area contributed by atoms with Crippen molar-refractivity contribution < 1.29 is 13.2 Å². The lowest BCUT2D eigenvalue weighted by Crippen LogP contribution is -2.47. The Bertz CT molecular complexity index is 1040. The molecule has 0 unspecified atom stereocenters. The number of aromatic amines is 1. The molecule has 1 N–H and O–H groups in total. The van der Waals surface area contributed by atoms with Gasteiger partial charge >= 0.3 is 5.69 Å². The van der Waals surface area contributed by atoms with E-state index in [1.165, 1.54) is 4.31 Å². The van der Waals surface area contributed by atoms with Crippen LogP contribution >= 0.6 is 0 Å². The molecule has 0 saturated carbocycles. The van der Waals surface area contributed by atoms with E-state index in [9.17, 15) is 18.0 Å². The molecule has 2 aliphatic rings. The number of H-pyrrole nitrogens is 1. The van der Waals surface area contributed by atoms with Gasteiger partial charge in [-0.1, -0.05) is 12.1 Å². The Kier molecular flexibility index (Phi) is 5.52. The minimum absolute atomic E-state index is 0.0826. The summed E-state index contributed by atoms with van der Waals surface area (Å²) in [6, 6.07) is 7.76. The SMILES string of the molecule is CCS(=O)(=O)N1CCC(C(=O)N2CCC(n3c(=O)[nH]c4ccccc43)CC2)CC1. The number of benzene rings is 1. The summed E-state index contributed by atoms with van der Waals surface area (Å²) in [4.78, 5) is 30.1.